The van der Waals surface area contributed by atoms with Gasteiger partial charge in [0.15, 0.2) is 0 Å². The standard InChI is InChI=1S/C31H43F2N3O6/c1-6-9-36(10-7-2)31(41)23-13-19(3)12-22(17-23)30(40)35-27(16-21-14-24(32)18-25(33)15-21)29(39)28(38)26(8-11-42-5)34-20(4)37/h12-15,17-18,26-29,38-39H,6-11,16H2,1-5H3,(H,34,37)(H,35,40)/t26-,27+,28-,29-/m1/s1. The normalized spacial score (nSPS) is 14.0. The molecule has 0 bridgehead atoms. The summed E-state index contributed by atoms with van der Waals surface area (Å²) in [4.78, 5) is 40.2. The first kappa shape index (κ1) is 34.8. The minimum absolute atomic E-state index is 0.131. The third-order valence-electron chi connectivity index (χ3n) is 6.75. The average Bonchev–Trinajstić information content (AvgIpc) is 2.92. The van der Waals surface area contributed by atoms with Crippen LogP contribution < -0.4 is 10.6 Å². The summed E-state index contributed by atoms with van der Waals surface area (Å²) in [6.07, 6.45) is -1.77. The fraction of sp³-hybridized carbons (Fsp3) is 0.516. The first-order valence-corrected chi connectivity index (χ1v) is 14.2. The van der Waals surface area contributed by atoms with Gasteiger partial charge in [-0.15, -0.1) is 0 Å². The molecule has 0 aliphatic carbocycles. The summed E-state index contributed by atoms with van der Waals surface area (Å²) >= 11 is 0. The van der Waals surface area contributed by atoms with E-state index in [1.54, 1.807) is 24.0 Å². The molecule has 3 amide bonds. The Hall–Kier alpha value is -3.41. The van der Waals surface area contributed by atoms with E-state index in [4.69, 9.17) is 4.74 Å². The van der Waals surface area contributed by atoms with Gasteiger partial charge in [0.05, 0.1) is 12.1 Å². The molecule has 0 aliphatic heterocycles. The maximum Gasteiger partial charge on any atom is 0.253 e. The molecule has 9 nitrogen and oxygen atoms in total. The molecule has 0 spiro atoms. The molecule has 2 aromatic carbocycles. The molecule has 0 saturated carbocycles. The molecule has 11 heteroatoms. The predicted molar refractivity (Wildman–Crippen MR) is 155 cm³/mol. The number of hydrogen-bond acceptors (Lipinski definition) is 6. The van der Waals surface area contributed by atoms with Crippen molar-refractivity contribution in [3.05, 3.63) is 70.3 Å². The number of rotatable bonds is 16. The highest BCUT2D eigenvalue weighted by molar-refractivity contribution is 6.00. The molecular weight excluding hydrogens is 548 g/mol. The Morgan fingerprint density at radius 1 is 0.881 bits per heavy atom. The van der Waals surface area contributed by atoms with E-state index in [-0.39, 0.29) is 36.5 Å². The molecule has 0 fully saturated rings. The van der Waals surface area contributed by atoms with Gasteiger partial charge in [-0.2, -0.15) is 0 Å². The Balaban J connectivity index is 2.43. The molecule has 4 atom stereocenters. The highest BCUT2D eigenvalue weighted by atomic mass is 19.1. The molecule has 2 aromatic rings. The van der Waals surface area contributed by atoms with Crippen LogP contribution in [0.3, 0.4) is 0 Å². The van der Waals surface area contributed by atoms with Crippen LogP contribution in [0.4, 0.5) is 8.78 Å². The number of methoxy groups -OCH3 is 1. The van der Waals surface area contributed by atoms with Gasteiger partial charge in [0.25, 0.3) is 11.8 Å². The Morgan fingerprint density at radius 3 is 2.00 bits per heavy atom. The van der Waals surface area contributed by atoms with Crippen molar-refractivity contribution < 1.29 is 38.1 Å². The monoisotopic (exact) mass is 591 g/mol. The highest BCUT2D eigenvalue weighted by Gasteiger charge is 2.34. The number of aryl methyl sites for hydroxylation is 1. The maximum absolute atomic E-state index is 14.0. The second-order valence-corrected chi connectivity index (χ2v) is 10.5. The van der Waals surface area contributed by atoms with Crippen LogP contribution in [0.2, 0.25) is 0 Å². The molecule has 4 N–H and O–H groups in total. The van der Waals surface area contributed by atoms with Gasteiger partial charge in [-0.3, -0.25) is 14.4 Å². The first-order valence-electron chi connectivity index (χ1n) is 14.2. The minimum Gasteiger partial charge on any atom is -0.388 e. The molecule has 0 heterocycles. The molecule has 42 heavy (non-hydrogen) atoms. The van der Waals surface area contributed by atoms with Crippen LogP contribution in [0.25, 0.3) is 0 Å². The van der Waals surface area contributed by atoms with Crippen molar-refractivity contribution >= 4 is 17.7 Å². The van der Waals surface area contributed by atoms with Gasteiger partial charge in [0, 0.05) is 50.9 Å². The minimum atomic E-state index is -1.66. The number of carbonyl (C=O) groups excluding carboxylic acids is 3. The van der Waals surface area contributed by atoms with E-state index in [0.29, 0.717) is 30.3 Å². The smallest absolute Gasteiger partial charge is 0.253 e. The first-order chi connectivity index (χ1) is 19.9. The SMILES string of the molecule is CCCN(CCC)C(=O)c1cc(C)cc(C(=O)N[C@@H](Cc2cc(F)cc(F)c2)[C@@H](O)[C@H](O)[C@@H](CCOC)NC(C)=O)c1. The zero-order valence-electron chi connectivity index (χ0n) is 25.0. The van der Waals surface area contributed by atoms with Crippen LogP contribution >= 0.6 is 0 Å². The van der Waals surface area contributed by atoms with E-state index in [2.05, 4.69) is 10.6 Å². The Morgan fingerprint density at radius 2 is 1.45 bits per heavy atom. The summed E-state index contributed by atoms with van der Waals surface area (Å²) < 4.78 is 33.0. The lowest BCUT2D eigenvalue weighted by Crippen LogP contribution is -2.56. The van der Waals surface area contributed by atoms with E-state index in [1.807, 2.05) is 13.8 Å². The summed E-state index contributed by atoms with van der Waals surface area (Å²) in [6.45, 7) is 8.24. The van der Waals surface area contributed by atoms with Crippen molar-refractivity contribution in [2.75, 3.05) is 26.8 Å². The van der Waals surface area contributed by atoms with Gasteiger partial charge in [0.2, 0.25) is 5.91 Å². The average molecular weight is 592 g/mol. The summed E-state index contributed by atoms with van der Waals surface area (Å²) in [5, 5.41) is 27.5. The number of nitrogens with zero attached hydrogens (tertiary/aromatic N) is 1. The van der Waals surface area contributed by atoms with Crippen LogP contribution in [-0.2, 0) is 16.0 Å². The van der Waals surface area contributed by atoms with Gasteiger partial charge in [0.1, 0.15) is 23.8 Å². The van der Waals surface area contributed by atoms with Crippen LogP contribution in [0.15, 0.2) is 36.4 Å². The summed E-state index contributed by atoms with van der Waals surface area (Å²) in [5.41, 5.74) is 1.26. The molecule has 232 valence electrons. The van der Waals surface area contributed by atoms with Crippen molar-refractivity contribution in [2.45, 2.75) is 77.7 Å². The number of halogens is 2. The van der Waals surface area contributed by atoms with Crippen molar-refractivity contribution in [1.82, 2.24) is 15.5 Å². The molecular formula is C31H43F2N3O6. The number of carbonyl (C=O) groups is 3. The number of ether oxygens (including phenoxy) is 1. The molecule has 0 saturated heterocycles. The lowest BCUT2D eigenvalue weighted by molar-refractivity contribution is -0.121. The number of aliphatic hydroxyl groups excluding tert-OH is 2. The topological polar surface area (TPSA) is 128 Å². The lowest BCUT2D eigenvalue weighted by Gasteiger charge is -2.33. The predicted octanol–water partition coefficient (Wildman–Crippen LogP) is 3.14. The molecule has 0 aliphatic rings. The number of hydrogen-bond donors (Lipinski definition) is 4. The Bertz CT molecular complexity index is 1180. The fourth-order valence-electron chi connectivity index (χ4n) is 4.88. The van der Waals surface area contributed by atoms with E-state index in [0.717, 1.165) is 25.0 Å². The molecule has 0 unspecified atom stereocenters. The number of aliphatic hydroxyl groups is 2. The summed E-state index contributed by atoms with van der Waals surface area (Å²) in [5.74, 6) is -3.01. The van der Waals surface area contributed by atoms with Crippen molar-refractivity contribution in [3.8, 4) is 0 Å². The van der Waals surface area contributed by atoms with Crippen LogP contribution in [0.1, 0.15) is 71.9 Å². The summed E-state index contributed by atoms with van der Waals surface area (Å²) in [7, 11) is 1.44. The molecule has 2 rings (SSSR count). The summed E-state index contributed by atoms with van der Waals surface area (Å²) in [6, 6.07) is 5.40. The third kappa shape index (κ3) is 10.5. The molecule has 0 aromatic heterocycles. The fourth-order valence-corrected chi connectivity index (χ4v) is 4.88. The van der Waals surface area contributed by atoms with Gasteiger partial charge in [-0.05, 0) is 74.1 Å². The van der Waals surface area contributed by atoms with E-state index >= 15 is 0 Å². The van der Waals surface area contributed by atoms with Gasteiger partial charge < -0.3 is 30.5 Å². The zero-order valence-corrected chi connectivity index (χ0v) is 25.0. The Labute approximate surface area is 246 Å². The maximum atomic E-state index is 14.0. The highest BCUT2D eigenvalue weighted by Crippen LogP contribution is 2.18. The lowest BCUT2D eigenvalue weighted by atomic mass is 9.92. The van der Waals surface area contributed by atoms with Crippen LogP contribution in [0.5, 0.6) is 0 Å². The number of nitrogens with one attached hydrogen (secondary N) is 2. The van der Waals surface area contributed by atoms with E-state index in [9.17, 15) is 33.4 Å². The van der Waals surface area contributed by atoms with Gasteiger partial charge in [-0.1, -0.05) is 13.8 Å². The number of benzene rings is 2. The van der Waals surface area contributed by atoms with Crippen molar-refractivity contribution in [3.63, 3.8) is 0 Å². The molecule has 0 radical (unpaired) electrons. The van der Waals surface area contributed by atoms with Crippen LogP contribution in [-0.4, -0.2) is 83.9 Å². The second-order valence-electron chi connectivity index (χ2n) is 10.5. The van der Waals surface area contributed by atoms with E-state index < -0.39 is 47.7 Å². The van der Waals surface area contributed by atoms with E-state index in [1.165, 1.54) is 20.1 Å². The van der Waals surface area contributed by atoms with Crippen molar-refractivity contribution in [2.24, 2.45) is 0 Å². The number of amides is 3. The van der Waals surface area contributed by atoms with Gasteiger partial charge in [-0.25, -0.2) is 8.78 Å². The second kappa shape index (κ2) is 16.9. The van der Waals surface area contributed by atoms with Crippen molar-refractivity contribution in [1.29, 1.82) is 0 Å². The largest absolute Gasteiger partial charge is 0.388 e. The Kier molecular flexibility index (Phi) is 14.0. The van der Waals surface area contributed by atoms with Crippen LogP contribution in [0, 0.1) is 18.6 Å². The zero-order chi connectivity index (χ0) is 31.4. The quantitative estimate of drug-likeness (QED) is 0.238. The van der Waals surface area contributed by atoms with Gasteiger partial charge >= 0.3 is 0 Å². The third-order valence-corrected chi connectivity index (χ3v) is 6.75.